The van der Waals surface area contributed by atoms with Crippen molar-refractivity contribution in [2.45, 2.75) is 31.7 Å². The van der Waals surface area contributed by atoms with Crippen LogP contribution in [0.25, 0.3) is 0 Å². The molecule has 3 nitrogen and oxygen atoms in total. The number of nitrogens with zero attached hydrogens (tertiary/aromatic N) is 2. The molecular weight excluding hydrogens is 231 g/mol. The van der Waals surface area contributed by atoms with Gasteiger partial charge in [0.15, 0.2) is 0 Å². The quantitative estimate of drug-likeness (QED) is 0.890. The number of anilines is 1. The second-order valence-electron chi connectivity index (χ2n) is 4.63. The van der Waals surface area contributed by atoms with E-state index in [0.717, 1.165) is 32.2 Å². The van der Waals surface area contributed by atoms with Crippen molar-refractivity contribution >= 4 is 5.69 Å². The Morgan fingerprint density at radius 1 is 1.50 bits per heavy atom. The molecule has 1 aromatic rings. The number of hydrogen-bond acceptors (Lipinski definition) is 3. The van der Waals surface area contributed by atoms with E-state index in [2.05, 4.69) is 4.90 Å². The zero-order chi connectivity index (χ0) is 13.0. The third-order valence-corrected chi connectivity index (χ3v) is 3.46. The van der Waals surface area contributed by atoms with Gasteiger partial charge in [0.2, 0.25) is 0 Å². The average molecular weight is 248 g/mol. The highest BCUT2D eigenvalue weighted by molar-refractivity contribution is 5.52. The molecule has 0 aliphatic carbocycles. The molecule has 0 spiro atoms. The van der Waals surface area contributed by atoms with Crippen LogP contribution in [0.2, 0.25) is 0 Å². The molecule has 4 heteroatoms. The van der Waals surface area contributed by atoms with Gasteiger partial charge in [-0.2, -0.15) is 5.26 Å². The molecule has 1 fully saturated rings. The van der Waals surface area contributed by atoms with Gasteiger partial charge in [0, 0.05) is 19.2 Å². The first-order chi connectivity index (χ1) is 8.76. The van der Waals surface area contributed by atoms with E-state index in [1.807, 2.05) is 6.07 Å². The van der Waals surface area contributed by atoms with Gasteiger partial charge in [0.05, 0.1) is 17.3 Å². The third-order valence-electron chi connectivity index (χ3n) is 3.46. The topological polar surface area (TPSA) is 47.3 Å². The number of nitriles is 1. The summed E-state index contributed by atoms with van der Waals surface area (Å²) in [7, 11) is 0. The Hall–Kier alpha value is -1.60. The lowest BCUT2D eigenvalue weighted by Crippen LogP contribution is -2.30. The average Bonchev–Trinajstić information content (AvgIpc) is 2.84. The van der Waals surface area contributed by atoms with Crippen molar-refractivity contribution in [2.24, 2.45) is 0 Å². The molecular formula is C14H17FN2O. The molecule has 1 aromatic carbocycles. The van der Waals surface area contributed by atoms with Gasteiger partial charge < -0.3 is 10.0 Å². The van der Waals surface area contributed by atoms with Crippen LogP contribution in [0, 0.1) is 17.1 Å². The van der Waals surface area contributed by atoms with E-state index < -0.39 is 0 Å². The van der Waals surface area contributed by atoms with E-state index in [1.165, 1.54) is 6.07 Å². The Morgan fingerprint density at radius 3 is 3.00 bits per heavy atom. The van der Waals surface area contributed by atoms with Crippen LogP contribution >= 0.6 is 0 Å². The molecule has 1 aliphatic heterocycles. The molecule has 2 rings (SSSR count). The summed E-state index contributed by atoms with van der Waals surface area (Å²) in [6.07, 6.45) is 3.73. The monoisotopic (exact) mass is 248 g/mol. The molecule has 1 heterocycles. The van der Waals surface area contributed by atoms with Gasteiger partial charge in [-0.1, -0.05) is 0 Å². The molecule has 1 unspecified atom stereocenters. The molecule has 0 radical (unpaired) electrons. The lowest BCUT2D eigenvalue weighted by Gasteiger charge is -2.27. The Balaban J connectivity index is 2.17. The SMILES string of the molecule is N#Cc1ccc(N2CCCC2CCCO)c(F)c1. The maximum absolute atomic E-state index is 13.9. The van der Waals surface area contributed by atoms with E-state index in [0.29, 0.717) is 17.3 Å². The standard InChI is InChI=1S/C14H17FN2O/c15-13-9-11(10-16)5-6-14(13)17-7-1-3-12(17)4-2-8-18/h5-6,9,12,18H,1-4,7-8H2. The summed E-state index contributed by atoms with van der Waals surface area (Å²) >= 11 is 0. The van der Waals surface area contributed by atoms with Crippen molar-refractivity contribution < 1.29 is 9.50 Å². The van der Waals surface area contributed by atoms with Crippen LogP contribution in [-0.2, 0) is 0 Å². The van der Waals surface area contributed by atoms with Crippen molar-refractivity contribution in [3.05, 3.63) is 29.6 Å². The minimum atomic E-state index is -0.329. The zero-order valence-corrected chi connectivity index (χ0v) is 10.3. The van der Waals surface area contributed by atoms with Crippen LogP contribution in [0.4, 0.5) is 10.1 Å². The number of hydrogen-bond donors (Lipinski definition) is 1. The lowest BCUT2D eigenvalue weighted by molar-refractivity contribution is 0.279. The molecule has 1 saturated heterocycles. The molecule has 1 atom stereocenters. The van der Waals surface area contributed by atoms with E-state index in [-0.39, 0.29) is 12.4 Å². The molecule has 18 heavy (non-hydrogen) atoms. The van der Waals surface area contributed by atoms with Gasteiger partial charge in [0.1, 0.15) is 5.82 Å². The first kappa shape index (κ1) is 12.8. The maximum Gasteiger partial charge on any atom is 0.147 e. The van der Waals surface area contributed by atoms with Gasteiger partial charge in [-0.15, -0.1) is 0 Å². The van der Waals surface area contributed by atoms with Gasteiger partial charge in [-0.25, -0.2) is 4.39 Å². The smallest absolute Gasteiger partial charge is 0.147 e. The Labute approximate surface area is 106 Å². The summed E-state index contributed by atoms with van der Waals surface area (Å²) in [5.41, 5.74) is 0.928. The van der Waals surface area contributed by atoms with Crippen molar-refractivity contribution in [3.8, 4) is 6.07 Å². The zero-order valence-electron chi connectivity index (χ0n) is 10.3. The fraction of sp³-hybridized carbons (Fsp3) is 0.500. The fourth-order valence-electron chi connectivity index (χ4n) is 2.59. The highest BCUT2D eigenvalue weighted by Gasteiger charge is 2.26. The van der Waals surface area contributed by atoms with Gasteiger partial charge >= 0.3 is 0 Å². The van der Waals surface area contributed by atoms with Gasteiger partial charge in [-0.3, -0.25) is 0 Å². The molecule has 96 valence electrons. The van der Waals surface area contributed by atoms with Crippen molar-refractivity contribution in [1.29, 1.82) is 5.26 Å². The van der Waals surface area contributed by atoms with Crippen LogP contribution in [0.5, 0.6) is 0 Å². The van der Waals surface area contributed by atoms with E-state index in [1.54, 1.807) is 12.1 Å². The molecule has 1 N–H and O–H groups in total. The molecule has 0 bridgehead atoms. The second-order valence-corrected chi connectivity index (χ2v) is 4.63. The summed E-state index contributed by atoms with van der Waals surface area (Å²) in [6.45, 7) is 1.03. The number of aliphatic hydroxyl groups excluding tert-OH is 1. The number of aliphatic hydroxyl groups is 1. The predicted molar refractivity (Wildman–Crippen MR) is 67.8 cm³/mol. The number of rotatable bonds is 4. The summed E-state index contributed by atoms with van der Waals surface area (Å²) in [4.78, 5) is 2.06. The normalized spacial score (nSPS) is 18.9. The summed E-state index contributed by atoms with van der Waals surface area (Å²) < 4.78 is 13.9. The molecule has 0 aromatic heterocycles. The van der Waals surface area contributed by atoms with Crippen molar-refractivity contribution in [1.82, 2.24) is 0 Å². The Kier molecular flexibility index (Phi) is 4.16. The highest BCUT2D eigenvalue weighted by Crippen LogP contribution is 2.30. The Bertz CT molecular complexity index is 456. The molecule has 0 saturated carbocycles. The van der Waals surface area contributed by atoms with Crippen LogP contribution < -0.4 is 4.90 Å². The largest absolute Gasteiger partial charge is 0.396 e. The van der Waals surface area contributed by atoms with Gasteiger partial charge in [0.25, 0.3) is 0 Å². The van der Waals surface area contributed by atoms with E-state index >= 15 is 0 Å². The van der Waals surface area contributed by atoms with Crippen molar-refractivity contribution in [2.75, 3.05) is 18.1 Å². The minimum absolute atomic E-state index is 0.181. The summed E-state index contributed by atoms with van der Waals surface area (Å²) in [5.74, 6) is -0.329. The summed E-state index contributed by atoms with van der Waals surface area (Å²) in [5, 5.41) is 17.6. The first-order valence-corrected chi connectivity index (χ1v) is 6.33. The lowest BCUT2D eigenvalue weighted by atomic mass is 10.1. The maximum atomic E-state index is 13.9. The van der Waals surface area contributed by atoms with E-state index in [4.69, 9.17) is 10.4 Å². The van der Waals surface area contributed by atoms with Crippen LogP contribution in [0.3, 0.4) is 0 Å². The molecule has 0 amide bonds. The van der Waals surface area contributed by atoms with Crippen molar-refractivity contribution in [3.63, 3.8) is 0 Å². The Morgan fingerprint density at radius 2 is 2.33 bits per heavy atom. The fourth-order valence-corrected chi connectivity index (χ4v) is 2.59. The van der Waals surface area contributed by atoms with Crippen LogP contribution in [0.15, 0.2) is 18.2 Å². The second kappa shape index (κ2) is 5.83. The minimum Gasteiger partial charge on any atom is -0.396 e. The highest BCUT2D eigenvalue weighted by atomic mass is 19.1. The number of halogens is 1. The van der Waals surface area contributed by atoms with Crippen LogP contribution in [0.1, 0.15) is 31.2 Å². The first-order valence-electron chi connectivity index (χ1n) is 6.33. The van der Waals surface area contributed by atoms with Crippen LogP contribution in [-0.4, -0.2) is 24.3 Å². The molecule has 1 aliphatic rings. The third kappa shape index (κ3) is 2.62. The predicted octanol–water partition coefficient (Wildman–Crippen LogP) is 2.44. The van der Waals surface area contributed by atoms with Gasteiger partial charge in [-0.05, 0) is 43.9 Å². The summed E-state index contributed by atoms with van der Waals surface area (Å²) in [6, 6.07) is 6.87. The number of benzene rings is 1. The van der Waals surface area contributed by atoms with E-state index in [9.17, 15) is 4.39 Å².